The maximum Gasteiger partial charge on any atom is 0.203 e. The minimum atomic E-state index is 0.0725. The third kappa shape index (κ3) is 2.76. The van der Waals surface area contributed by atoms with E-state index in [0.717, 1.165) is 22.0 Å². The van der Waals surface area contributed by atoms with Crippen molar-refractivity contribution in [2.45, 2.75) is 0 Å². The predicted octanol–water partition coefficient (Wildman–Crippen LogP) is 3.64. The number of benzene rings is 2. The van der Waals surface area contributed by atoms with Gasteiger partial charge in [-0.05, 0) is 30.3 Å². The summed E-state index contributed by atoms with van der Waals surface area (Å²) in [6.45, 7) is 0. The summed E-state index contributed by atoms with van der Waals surface area (Å²) in [5.74, 6) is 2.10. The monoisotopic (exact) mass is 341 g/mol. The quantitative estimate of drug-likeness (QED) is 0.764. The number of phenolic OH excluding ortho intramolecular Hbond substituents is 1. The van der Waals surface area contributed by atoms with Crippen molar-refractivity contribution < 1.29 is 24.1 Å². The van der Waals surface area contributed by atoms with Crippen molar-refractivity contribution in [3.8, 4) is 40.0 Å². The zero-order valence-electron chi connectivity index (χ0n) is 14.5. The maximum absolute atomic E-state index is 9.83. The molecule has 0 unspecified atom stereocenters. The minimum absolute atomic E-state index is 0.0725. The van der Waals surface area contributed by atoms with Crippen molar-refractivity contribution in [2.24, 2.45) is 0 Å². The summed E-state index contributed by atoms with van der Waals surface area (Å²) in [6.07, 6.45) is 1.70. The number of phenols is 1. The molecule has 3 aromatic rings. The van der Waals surface area contributed by atoms with Gasteiger partial charge in [0.05, 0.1) is 34.1 Å². The van der Waals surface area contributed by atoms with Crippen LogP contribution in [0.1, 0.15) is 0 Å². The number of rotatable bonds is 5. The Morgan fingerprint density at radius 3 is 2.12 bits per heavy atom. The second-order valence-corrected chi connectivity index (χ2v) is 5.29. The van der Waals surface area contributed by atoms with E-state index in [1.54, 1.807) is 45.7 Å². The third-order valence-electron chi connectivity index (χ3n) is 4.02. The van der Waals surface area contributed by atoms with Crippen molar-refractivity contribution in [3.05, 3.63) is 36.5 Å². The third-order valence-corrected chi connectivity index (χ3v) is 4.02. The van der Waals surface area contributed by atoms with E-state index in [-0.39, 0.29) is 5.75 Å². The summed E-state index contributed by atoms with van der Waals surface area (Å²) >= 11 is 0. The van der Waals surface area contributed by atoms with Gasteiger partial charge in [-0.1, -0.05) is 0 Å². The summed E-state index contributed by atoms with van der Waals surface area (Å²) in [6, 6.07) is 8.81. The molecule has 6 nitrogen and oxygen atoms in total. The Hall–Kier alpha value is -3.15. The van der Waals surface area contributed by atoms with Crippen LogP contribution in [0.4, 0.5) is 0 Å². The highest BCUT2D eigenvalue weighted by Gasteiger charge is 2.19. The van der Waals surface area contributed by atoms with Crippen LogP contribution in [-0.4, -0.2) is 38.5 Å². The average Bonchev–Trinajstić information content (AvgIpc) is 2.66. The summed E-state index contributed by atoms with van der Waals surface area (Å²) < 4.78 is 21.6. The molecule has 0 radical (unpaired) electrons. The number of ether oxygens (including phenoxy) is 4. The molecule has 0 aliphatic heterocycles. The Morgan fingerprint density at radius 2 is 1.48 bits per heavy atom. The van der Waals surface area contributed by atoms with Crippen LogP contribution in [0.25, 0.3) is 22.0 Å². The van der Waals surface area contributed by atoms with E-state index in [2.05, 4.69) is 4.98 Å². The van der Waals surface area contributed by atoms with Crippen LogP contribution in [-0.2, 0) is 0 Å². The van der Waals surface area contributed by atoms with E-state index in [4.69, 9.17) is 18.9 Å². The molecule has 0 amide bonds. The molecule has 0 aliphatic carbocycles. The number of aromatic hydroxyl groups is 1. The topological polar surface area (TPSA) is 70.0 Å². The molecule has 0 aliphatic rings. The Labute approximate surface area is 145 Å². The van der Waals surface area contributed by atoms with Gasteiger partial charge in [0.15, 0.2) is 23.0 Å². The number of aromatic nitrogens is 1. The zero-order valence-corrected chi connectivity index (χ0v) is 14.5. The van der Waals surface area contributed by atoms with Crippen LogP contribution < -0.4 is 18.9 Å². The van der Waals surface area contributed by atoms with Gasteiger partial charge in [-0.25, -0.2) is 0 Å². The molecule has 0 fully saturated rings. The Balaban J connectivity index is 2.34. The van der Waals surface area contributed by atoms with Crippen LogP contribution in [0.15, 0.2) is 36.5 Å². The number of methoxy groups -OCH3 is 4. The number of hydrogen-bond acceptors (Lipinski definition) is 6. The van der Waals surface area contributed by atoms with Crippen LogP contribution in [0.3, 0.4) is 0 Å². The fourth-order valence-electron chi connectivity index (χ4n) is 2.85. The van der Waals surface area contributed by atoms with Crippen molar-refractivity contribution in [3.63, 3.8) is 0 Å². The van der Waals surface area contributed by atoms with Crippen molar-refractivity contribution in [2.75, 3.05) is 28.4 Å². The van der Waals surface area contributed by atoms with Gasteiger partial charge in [-0.2, -0.15) is 0 Å². The second-order valence-electron chi connectivity index (χ2n) is 5.29. The molecule has 130 valence electrons. The fourth-order valence-corrected chi connectivity index (χ4v) is 2.85. The standard InChI is InChI=1S/C19H19NO5/c1-22-15-9-11(5-6-14(15)21)17-13-10-16(23-2)19(25-4)18(24-3)12(13)7-8-20-17/h5-10,21H,1-4H3. The molecule has 0 saturated heterocycles. The Kier molecular flexibility index (Phi) is 4.52. The lowest BCUT2D eigenvalue weighted by molar-refractivity contribution is 0.327. The first kappa shape index (κ1) is 16.7. The van der Waals surface area contributed by atoms with Crippen molar-refractivity contribution in [1.82, 2.24) is 4.98 Å². The summed E-state index contributed by atoms with van der Waals surface area (Å²) in [5.41, 5.74) is 1.52. The van der Waals surface area contributed by atoms with Gasteiger partial charge in [-0.15, -0.1) is 0 Å². The lowest BCUT2D eigenvalue weighted by atomic mass is 10.0. The highest BCUT2D eigenvalue weighted by molar-refractivity contribution is 6.01. The molecule has 1 aromatic heterocycles. The normalized spacial score (nSPS) is 10.6. The molecule has 6 heteroatoms. The molecule has 1 heterocycles. The predicted molar refractivity (Wildman–Crippen MR) is 95.1 cm³/mol. The molecule has 0 saturated carbocycles. The van der Waals surface area contributed by atoms with E-state index in [1.165, 1.54) is 7.11 Å². The van der Waals surface area contributed by atoms with E-state index in [1.807, 2.05) is 12.1 Å². The van der Waals surface area contributed by atoms with Crippen molar-refractivity contribution >= 4 is 10.8 Å². The van der Waals surface area contributed by atoms with Crippen LogP contribution in [0.5, 0.6) is 28.7 Å². The van der Waals surface area contributed by atoms with Gasteiger partial charge in [0.25, 0.3) is 0 Å². The lowest BCUT2D eigenvalue weighted by Crippen LogP contribution is -1.97. The van der Waals surface area contributed by atoms with Gasteiger partial charge in [0.1, 0.15) is 0 Å². The number of fused-ring (bicyclic) bond motifs is 1. The van der Waals surface area contributed by atoms with Gasteiger partial charge < -0.3 is 24.1 Å². The smallest absolute Gasteiger partial charge is 0.203 e. The van der Waals surface area contributed by atoms with Crippen molar-refractivity contribution in [1.29, 1.82) is 0 Å². The second kappa shape index (κ2) is 6.76. The molecule has 2 aromatic carbocycles. The van der Waals surface area contributed by atoms with Crippen LogP contribution >= 0.6 is 0 Å². The Morgan fingerprint density at radius 1 is 0.760 bits per heavy atom. The van der Waals surface area contributed by atoms with E-state index in [0.29, 0.717) is 23.0 Å². The number of hydrogen-bond donors (Lipinski definition) is 1. The molecular weight excluding hydrogens is 322 g/mol. The SMILES string of the molecule is COc1cc(-c2nccc3c(OC)c(OC)c(OC)cc23)ccc1O. The average molecular weight is 341 g/mol. The minimum Gasteiger partial charge on any atom is -0.504 e. The number of pyridine rings is 1. The summed E-state index contributed by atoms with van der Waals surface area (Å²) in [5, 5.41) is 11.5. The van der Waals surface area contributed by atoms with Crippen LogP contribution in [0.2, 0.25) is 0 Å². The van der Waals surface area contributed by atoms with Gasteiger partial charge in [-0.3, -0.25) is 4.98 Å². The summed E-state index contributed by atoms with van der Waals surface area (Å²) in [7, 11) is 6.23. The first-order valence-electron chi connectivity index (χ1n) is 7.59. The molecule has 0 bridgehead atoms. The maximum atomic E-state index is 9.83. The highest BCUT2D eigenvalue weighted by atomic mass is 16.5. The van der Waals surface area contributed by atoms with E-state index >= 15 is 0 Å². The number of nitrogens with zero attached hydrogens (tertiary/aromatic N) is 1. The molecule has 25 heavy (non-hydrogen) atoms. The first-order chi connectivity index (χ1) is 12.1. The lowest BCUT2D eigenvalue weighted by Gasteiger charge is -2.16. The Bertz CT molecular complexity index is 923. The van der Waals surface area contributed by atoms with Crippen LogP contribution in [0, 0.1) is 0 Å². The fraction of sp³-hybridized carbons (Fsp3) is 0.211. The molecule has 0 spiro atoms. The first-order valence-corrected chi connectivity index (χ1v) is 7.59. The molecular formula is C19H19NO5. The molecule has 0 atom stereocenters. The largest absolute Gasteiger partial charge is 0.504 e. The zero-order chi connectivity index (χ0) is 18.0. The molecule has 1 N–H and O–H groups in total. The van der Waals surface area contributed by atoms with E-state index in [9.17, 15) is 5.11 Å². The van der Waals surface area contributed by atoms with E-state index < -0.39 is 0 Å². The highest BCUT2D eigenvalue weighted by Crippen LogP contribution is 2.45. The molecule has 3 rings (SSSR count). The summed E-state index contributed by atoms with van der Waals surface area (Å²) in [4.78, 5) is 4.50. The van der Waals surface area contributed by atoms with Gasteiger partial charge in [0, 0.05) is 22.5 Å². The van der Waals surface area contributed by atoms with Gasteiger partial charge in [0.2, 0.25) is 5.75 Å². The van der Waals surface area contributed by atoms with Gasteiger partial charge >= 0.3 is 0 Å².